The van der Waals surface area contributed by atoms with Gasteiger partial charge in [-0.05, 0) is 35.7 Å². The van der Waals surface area contributed by atoms with Crippen molar-refractivity contribution in [1.29, 1.82) is 0 Å². The molecule has 4 rings (SSSR count). The molecule has 0 saturated heterocycles. The van der Waals surface area contributed by atoms with Crippen molar-refractivity contribution in [1.82, 2.24) is 5.32 Å². The molecule has 33 heavy (non-hydrogen) atoms. The van der Waals surface area contributed by atoms with Gasteiger partial charge < -0.3 is 19.5 Å². The summed E-state index contributed by atoms with van der Waals surface area (Å²) in [5.74, 6) is -0.514. The second-order valence-corrected chi connectivity index (χ2v) is 9.60. The van der Waals surface area contributed by atoms with Crippen LogP contribution >= 0.6 is 11.3 Å². The predicted molar refractivity (Wildman–Crippen MR) is 121 cm³/mol. The zero-order valence-electron chi connectivity index (χ0n) is 17.3. The van der Waals surface area contributed by atoms with Crippen LogP contribution in [0, 0.1) is 0 Å². The van der Waals surface area contributed by atoms with Gasteiger partial charge >= 0.3 is 5.97 Å². The quantitative estimate of drug-likeness (QED) is 0.468. The number of fused-ring (bicyclic) bond motifs is 1. The molecule has 0 radical (unpaired) electrons. The number of hydrogen-bond acceptors (Lipinski definition) is 8. The lowest BCUT2D eigenvalue weighted by Gasteiger charge is -2.19. The maximum absolute atomic E-state index is 12.9. The van der Waals surface area contributed by atoms with Crippen molar-refractivity contribution in [3.05, 3.63) is 70.4 Å². The molecule has 1 aliphatic rings. The third-order valence-corrected chi connectivity index (χ3v) is 6.83. The van der Waals surface area contributed by atoms with Crippen molar-refractivity contribution in [2.45, 2.75) is 11.4 Å². The first-order chi connectivity index (χ1) is 15.9. The number of sulfonamides is 1. The van der Waals surface area contributed by atoms with Crippen LogP contribution < -0.4 is 19.5 Å². The lowest BCUT2D eigenvalue weighted by molar-refractivity contribution is -0.124. The van der Waals surface area contributed by atoms with Gasteiger partial charge in [-0.3, -0.25) is 9.52 Å². The Morgan fingerprint density at radius 1 is 1.00 bits per heavy atom. The summed E-state index contributed by atoms with van der Waals surface area (Å²) in [5, 5.41) is 4.55. The molecule has 2 N–H and O–H groups in total. The van der Waals surface area contributed by atoms with Crippen LogP contribution in [0.5, 0.6) is 11.5 Å². The standard InChI is InChI=1S/C22H20N2O7S2/c25-21(23-13-15-4-3-11-32-15)14-31-22(26)17-5-1-2-6-18(17)24-33(27,28)16-7-8-19-20(12-16)30-10-9-29-19/h1-8,11-12,24H,9-10,13-14H2,(H,23,25). The van der Waals surface area contributed by atoms with Gasteiger partial charge in [-0.1, -0.05) is 18.2 Å². The molecule has 3 aromatic rings. The smallest absolute Gasteiger partial charge is 0.340 e. The van der Waals surface area contributed by atoms with Crippen molar-refractivity contribution in [3.8, 4) is 11.5 Å². The van der Waals surface area contributed by atoms with E-state index in [-0.39, 0.29) is 16.1 Å². The van der Waals surface area contributed by atoms with Gasteiger partial charge in [-0.25, -0.2) is 13.2 Å². The summed E-state index contributed by atoms with van der Waals surface area (Å²) in [5.41, 5.74) is 0.000980. The summed E-state index contributed by atoms with van der Waals surface area (Å²) in [6, 6.07) is 14.0. The lowest BCUT2D eigenvalue weighted by Crippen LogP contribution is -2.28. The van der Waals surface area contributed by atoms with Gasteiger partial charge in [0.15, 0.2) is 18.1 Å². The molecule has 2 heterocycles. The van der Waals surface area contributed by atoms with Gasteiger partial charge in [-0.2, -0.15) is 0 Å². The Morgan fingerprint density at radius 2 is 1.79 bits per heavy atom. The highest BCUT2D eigenvalue weighted by Gasteiger charge is 2.22. The van der Waals surface area contributed by atoms with Gasteiger partial charge in [0.2, 0.25) is 0 Å². The number of benzene rings is 2. The van der Waals surface area contributed by atoms with E-state index in [1.165, 1.54) is 41.7 Å². The molecule has 2 aromatic carbocycles. The number of nitrogens with one attached hydrogen (secondary N) is 2. The Bertz CT molecular complexity index is 1260. The minimum Gasteiger partial charge on any atom is -0.486 e. The first-order valence-electron chi connectivity index (χ1n) is 9.90. The van der Waals surface area contributed by atoms with E-state index in [0.717, 1.165) is 4.88 Å². The number of thiophene rings is 1. The van der Waals surface area contributed by atoms with Crippen LogP contribution in [0.1, 0.15) is 15.2 Å². The fourth-order valence-corrected chi connectivity index (χ4v) is 4.74. The van der Waals surface area contributed by atoms with E-state index in [0.29, 0.717) is 31.3 Å². The number of amides is 1. The highest BCUT2D eigenvalue weighted by molar-refractivity contribution is 7.92. The molecule has 0 aliphatic carbocycles. The number of ether oxygens (including phenoxy) is 3. The van der Waals surface area contributed by atoms with Gasteiger partial charge in [0.05, 0.1) is 22.7 Å². The van der Waals surface area contributed by atoms with E-state index >= 15 is 0 Å². The summed E-state index contributed by atoms with van der Waals surface area (Å²) in [4.78, 5) is 25.4. The Labute approximate surface area is 194 Å². The minimum atomic E-state index is -4.04. The maximum atomic E-state index is 12.9. The highest BCUT2D eigenvalue weighted by Crippen LogP contribution is 2.33. The second-order valence-electron chi connectivity index (χ2n) is 6.89. The van der Waals surface area contributed by atoms with E-state index in [1.807, 2.05) is 17.5 Å². The van der Waals surface area contributed by atoms with E-state index in [9.17, 15) is 18.0 Å². The highest BCUT2D eigenvalue weighted by atomic mass is 32.2. The summed E-state index contributed by atoms with van der Waals surface area (Å²) in [6.45, 7) is 0.547. The van der Waals surface area contributed by atoms with Crippen molar-refractivity contribution >= 4 is 38.9 Å². The molecule has 9 nitrogen and oxygen atoms in total. The van der Waals surface area contributed by atoms with E-state index in [2.05, 4.69) is 10.0 Å². The van der Waals surface area contributed by atoms with Crippen LogP contribution in [0.2, 0.25) is 0 Å². The average Bonchev–Trinajstić information content (AvgIpc) is 3.35. The number of carbonyl (C=O) groups is 2. The number of hydrogen-bond donors (Lipinski definition) is 2. The largest absolute Gasteiger partial charge is 0.486 e. The number of anilines is 1. The molecule has 172 valence electrons. The zero-order chi connectivity index (χ0) is 23.3. The molecule has 0 atom stereocenters. The molecule has 11 heteroatoms. The molecule has 1 amide bonds. The molecule has 1 aromatic heterocycles. The predicted octanol–water partition coefficient (Wildman–Crippen LogP) is 2.79. The third kappa shape index (κ3) is 5.62. The Hall–Kier alpha value is -3.57. The molecule has 1 aliphatic heterocycles. The fourth-order valence-electron chi connectivity index (χ4n) is 3.00. The zero-order valence-corrected chi connectivity index (χ0v) is 18.9. The number of para-hydroxylation sites is 1. The van der Waals surface area contributed by atoms with E-state index < -0.39 is 28.5 Å². The number of carbonyl (C=O) groups excluding carboxylic acids is 2. The Balaban J connectivity index is 1.42. The van der Waals surface area contributed by atoms with E-state index in [4.69, 9.17) is 14.2 Å². The number of rotatable bonds is 8. The fraction of sp³-hybridized carbons (Fsp3) is 0.182. The summed E-state index contributed by atoms with van der Waals surface area (Å²) in [7, 11) is -4.04. The monoisotopic (exact) mass is 488 g/mol. The first-order valence-corrected chi connectivity index (χ1v) is 12.3. The van der Waals surface area contributed by atoms with Gasteiger partial charge in [0.25, 0.3) is 15.9 Å². The Kier molecular flexibility index (Phi) is 6.80. The Morgan fingerprint density at radius 3 is 2.58 bits per heavy atom. The van der Waals surface area contributed by atoms with Gasteiger partial charge in [0.1, 0.15) is 13.2 Å². The van der Waals surface area contributed by atoms with Crippen molar-refractivity contribution in [3.63, 3.8) is 0 Å². The van der Waals surface area contributed by atoms with Crippen LogP contribution in [0.3, 0.4) is 0 Å². The second kappa shape index (κ2) is 9.92. The van der Waals surface area contributed by atoms with Crippen molar-refractivity contribution in [2.24, 2.45) is 0 Å². The topological polar surface area (TPSA) is 120 Å². The van der Waals surface area contributed by atoms with Gasteiger partial charge in [-0.15, -0.1) is 11.3 Å². The molecule has 0 bridgehead atoms. The molecular weight excluding hydrogens is 468 g/mol. The van der Waals surface area contributed by atoms with Crippen LogP contribution in [0.4, 0.5) is 5.69 Å². The summed E-state index contributed by atoms with van der Waals surface area (Å²) >= 11 is 1.50. The SMILES string of the molecule is O=C(COC(=O)c1ccccc1NS(=O)(=O)c1ccc2c(c1)OCCO2)NCc1cccs1. The van der Waals surface area contributed by atoms with Crippen LogP contribution in [-0.4, -0.2) is 40.1 Å². The average molecular weight is 489 g/mol. The molecule has 0 unspecified atom stereocenters. The van der Waals surface area contributed by atoms with Crippen molar-refractivity contribution in [2.75, 3.05) is 24.5 Å². The van der Waals surface area contributed by atoms with Gasteiger partial charge in [0, 0.05) is 10.9 Å². The molecule has 0 spiro atoms. The van der Waals surface area contributed by atoms with E-state index in [1.54, 1.807) is 12.1 Å². The summed E-state index contributed by atoms with van der Waals surface area (Å²) < 4.78 is 44.1. The molecular formula is C22H20N2O7S2. The molecule has 0 fully saturated rings. The maximum Gasteiger partial charge on any atom is 0.340 e. The summed E-state index contributed by atoms with van der Waals surface area (Å²) in [6.07, 6.45) is 0. The third-order valence-electron chi connectivity index (χ3n) is 4.59. The van der Waals surface area contributed by atoms with Crippen LogP contribution in [-0.2, 0) is 26.1 Å². The van der Waals surface area contributed by atoms with Crippen LogP contribution in [0.25, 0.3) is 0 Å². The lowest BCUT2D eigenvalue weighted by atomic mass is 10.2. The molecule has 0 saturated carbocycles. The normalized spacial score (nSPS) is 12.6. The van der Waals surface area contributed by atoms with Crippen LogP contribution in [0.15, 0.2) is 64.9 Å². The minimum absolute atomic E-state index is 0.0234. The van der Waals surface area contributed by atoms with Crippen molar-refractivity contribution < 1.29 is 32.2 Å². The number of esters is 1. The first kappa shape index (κ1) is 22.6.